The highest BCUT2D eigenvalue weighted by Gasteiger charge is 2.31. The van der Waals surface area contributed by atoms with Gasteiger partial charge in [0.2, 0.25) is 5.91 Å². The summed E-state index contributed by atoms with van der Waals surface area (Å²) in [5, 5.41) is 11.9. The second-order valence-corrected chi connectivity index (χ2v) is 6.13. The maximum atomic E-state index is 12.0. The third-order valence-corrected chi connectivity index (χ3v) is 4.06. The van der Waals surface area contributed by atoms with Crippen LogP contribution in [0.3, 0.4) is 0 Å². The zero-order valence-corrected chi connectivity index (χ0v) is 14.0. The summed E-state index contributed by atoms with van der Waals surface area (Å²) in [6, 6.07) is 6.83. The van der Waals surface area contributed by atoms with Crippen LogP contribution in [0.5, 0.6) is 5.75 Å². The van der Waals surface area contributed by atoms with Gasteiger partial charge in [-0.2, -0.15) is 0 Å². The van der Waals surface area contributed by atoms with Gasteiger partial charge in [-0.15, -0.1) is 0 Å². The van der Waals surface area contributed by atoms with Gasteiger partial charge in [-0.1, -0.05) is 12.1 Å². The van der Waals surface area contributed by atoms with Gasteiger partial charge in [-0.3, -0.25) is 4.79 Å². The summed E-state index contributed by atoms with van der Waals surface area (Å²) in [5.41, 5.74) is 1.12. The summed E-state index contributed by atoms with van der Waals surface area (Å²) < 4.78 is 10.9. The van der Waals surface area contributed by atoms with Crippen molar-refractivity contribution in [3.8, 4) is 5.75 Å². The molecule has 0 aliphatic carbocycles. The van der Waals surface area contributed by atoms with Gasteiger partial charge in [0.05, 0.1) is 13.2 Å². The molecule has 1 aromatic carbocycles. The SMILES string of the molecule is Cc1cccc(OCCCC(=O)NC(C(=O)O)C2CCCOC2)c1. The molecule has 1 amide bonds. The standard InChI is InChI=1S/C18H25NO5/c1-13-5-2-7-15(11-13)24-10-4-8-16(20)19-17(18(21)22)14-6-3-9-23-12-14/h2,5,7,11,14,17H,3-4,6,8-10,12H2,1H3,(H,19,20)(H,21,22). The van der Waals surface area contributed by atoms with Crippen molar-refractivity contribution in [1.82, 2.24) is 5.32 Å². The van der Waals surface area contributed by atoms with Crippen molar-refractivity contribution in [3.63, 3.8) is 0 Å². The molecule has 2 atom stereocenters. The maximum Gasteiger partial charge on any atom is 0.326 e. The molecule has 1 aromatic rings. The number of benzene rings is 1. The molecular formula is C18H25NO5. The number of carbonyl (C=O) groups is 2. The van der Waals surface area contributed by atoms with Crippen molar-refractivity contribution in [1.29, 1.82) is 0 Å². The summed E-state index contributed by atoms with van der Waals surface area (Å²) in [7, 11) is 0. The minimum absolute atomic E-state index is 0.163. The molecule has 0 aromatic heterocycles. The van der Waals surface area contributed by atoms with Crippen LogP contribution in [0, 0.1) is 12.8 Å². The number of amides is 1. The van der Waals surface area contributed by atoms with E-state index in [1.165, 1.54) is 0 Å². The first kappa shape index (κ1) is 18.3. The van der Waals surface area contributed by atoms with E-state index in [1.54, 1.807) is 0 Å². The lowest BCUT2D eigenvalue weighted by atomic mass is 9.93. The molecule has 2 rings (SSSR count). The highest BCUT2D eigenvalue weighted by molar-refractivity contribution is 5.83. The van der Waals surface area contributed by atoms with E-state index in [-0.39, 0.29) is 18.2 Å². The molecule has 1 heterocycles. The van der Waals surface area contributed by atoms with E-state index in [0.29, 0.717) is 26.2 Å². The Balaban J connectivity index is 1.71. The fourth-order valence-electron chi connectivity index (χ4n) is 2.78. The van der Waals surface area contributed by atoms with Crippen LogP contribution in [0.4, 0.5) is 0 Å². The lowest BCUT2D eigenvalue weighted by molar-refractivity contribution is -0.145. The molecule has 1 aliphatic rings. The van der Waals surface area contributed by atoms with Gasteiger partial charge in [-0.05, 0) is 43.9 Å². The molecular weight excluding hydrogens is 310 g/mol. The summed E-state index contributed by atoms with van der Waals surface area (Å²) in [6.07, 6.45) is 2.36. The second kappa shape index (κ2) is 9.27. The third-order valence-electron chi connectivity index (χ3n) is 4.06. The fourth-order valence-corrected chi connectivity index (χ4v) is 2.78. The quantitative estimate of drug-likeness (QED) is 0.711. The number of rotatable bonds is 8. The molecule has 132 valence electrons. The molecule has 6 nitrogen and oxygen atoms in total. The van der Waals surface area contributed by atoms with Gasteiger partial charge in [0, 0.05) is 18.9 Å². The van der Waals surface area contributed by atoms with Crippen LogP contribution >= 0.6 is 0 Å². The Morgan fingerprint density at radius 3 is 2.96 bits per heavy atom. The van der Waals surface area contributed by atoms with Crippen molar-refractivity contribution in [2.24, 2.45) is 5.92 Å². The molecule has 1 aliphatic heterocycles. The smallest absolute Gasteiger partial charge is 0.326 e. The normalized spacial score (nSPS) is 18.6. The van der Waals surface area contributed by atoms with Gasteiger partial charge in [0.1, 0.15) is 11.8 Å². The predicted molar refractivity (Wildman–Crippen MR) is 89.0 cm³/mol. The highest BCUT2D eigenvalue weighted by Crippen LogP contribution is 2.18. The average molecular weight is 335 g/mol. The third kappa shape index (κ3) is 5.85. The van der Waals surface area contributed by atoms with Gasteiger partial charge >= 0.3 is 5.97 Å². The van der Waals surface area contributed by atoms with E-state index in [9.17, 15) is 14.7 Å². The van der Waals surface area contributed by atoms with Crippen molar-refractivity contribution in [2.45, 2.75) is 38.6 Å². The summed E-state index contributed by atoms with van der Waals surface area (Å²) >= 11 is 0. The highest BCUT2D eigenvalue weighted by atomic mass is 16.5. The molecule has 2 unspecified atom stereocenters. The molecule has 6 heteroatoms. The van der Waals surface area contributed by atoms with Gasteiger partial charge in [-0.25, -0.2) is 4.79 Å². The number of hydrogen-bond donors (Lipinski definition) is 2. The Morgan fingerprint density at radius 2 is 2.29 bits per heavy atom. The van der Waals surface area contributed by atoms with E-state index >= 15 is 0 Å². The lowest BCUT2D eigenvalue weighted by Crippen LogP contribution is -2.48. The lowest BCUT2D eigenvalue weighted by Gasteiger charge is -2.28. The topological polar surface area (TPSA) is 84.9 Å². The Kier molecular flexibility index (Phi) is 7.06. The molecule has 1 saturated heterocycles. The Hall–Kier alpha value is -2.08. The number of aryl methyl sites for hydroxylation is 1. The molecule has 0 radical (unpaired) electrons. The minimum Gasteiger partial charge on any atom is -0.494 e. The van der Waals surface area contributed by atoms with Crippen LogP contribution in [0.1, 0.15) is 31.2 Å². The van der Waals surface area contributed by atoms with Crippen LogP contribution in [0.2, 0.25) is 0 Å². The number of nitrogens with one attached hydrogen (secondary N) is 1. The number of carbonyl (C=O) groups excluding carboxylic acids is 1. The molecule has 0 saturated carbocycles. The molecule has 0 spiro atoms. The van der Waals surface area contributed by atoms with E-state index in [4.69, 9.17) is 9.47 Å². The van der Waals surface area contributed by atoms with E-state index < -0.39 is 12.0 Å². The van der Waals surface area contributed by atoms with Crippen molar-refractivity contribution < 1.29 is 24.2 Å². The van der Waals surface area contributed by atoms with Gasteiger partial charge in [0.25, 0.3) is 0 Å². The van der Waals surface area contributed by atoms with Gasteiger partial charge < -0.3 is 19.9 Å². The first-order chi connectivity index (χ1) is 11.6. The molecule has 0 bridgehead atoms. The average Bonchev–Trinajstić information content (AvgIpc) is 2.57. The summed E-state index contributed by atoms with van der Waals surface area (Å²) in [6.45, 7) is 3.45. The zero-order valence-electron chi connectivity index (χ0n) is 14.0. The van der Waals surface area contributed by atoms with E-state index in [2.05, 4.69) is 5.32 Å². The number of ether oxygens (including phenoxy) is 2. The first-order valence-electron chi connectivity index (χ1n) is 8.35. The number of hydrogen-bond acceptors (Lipinski definition) is 4. The minimum atomic E-state index is -1.00. The van der Waals surface area contributed by atoms with Crippen LogP contribution in [0.15, 0.2) is 24.3 Å². The molecule has 24 heavy (non-hydrogen) atoms. The Morgan fingerprint density at radius 1 is 1.46 bits per heavy atom. The summed E-state index contributed by atoms with van der Waals surface area (Å²) in [5.74, 6) is -0.655. The van der Waals surface area contributed by atoms with Crippen LogP contribution in [-0.2, 0) is 14.3 Å². The number of carboxylic acids is 1. The molecule has 2 N–H and O–H groups in total. The van der Waals surface area contributed by atoms with Gasteiger partial charge in [0.15, 0.2) is 0 Å². The number of carboxylic acid groups (broad SMARTS) is 1. The fraction of sp³-hybridized carbons (Fsp3) is 0.556. The number of aliphatic carboxylic acids is 1. The van der Waals surface area contributed by atoms with E-state index in [0.717, 1.165) is 24.2 Å². The van der Waals surface area contributed by atoms with Crippen LogP contribution in [0.25, 0.3) is 0 Å². The second-order valence-electron chi connectivity index (χ2n) is 6.13. The zero-order chi connectivity index (χ0) is 17.4. The largest absolute Gasteiger partial charge is 0.494 e. The van der Waals surface area contributed by atoms with E-state index in [1.807, 2.05) is 31.2 Å². The van der Waals surface area contributed by atoms with Crippen molar-refractivity contribution >= 4 is 11.9 Å². The van der Waals surface area contributed by atoms with Crippen LogP contribution in [-0.4, -0.2) is 42.8 Å². The predicted octanol–water partition coefficient (Wildman–Crippen LogP) is 2.15. The first-order valence-corrected chi connectivity index (χ1v) is 8.35. The maximum absolute atomic E-state index is 12.0. The summed E-state index contributed by atoms with van der Waals surface area (Å²) in [4.78, 5) is 23.4. The van der Waals surface area contributed by atoms with Crippen LogP contribution < -0.4 is 10.1 Å². The monoisotopic (exact) mass is 335 g/mol. The Labute approximate surface area is 142 Å². The Bertz CT molecular complexity index is 554. The van der Waals surface area contributed by atoms with Crippen molar-refractivity contribution in [2.75, 3.05) is 19.8 Å². The van der Waals surface area contributed by atoms with Crippen molar-refractivity contribution in [3.05, 3.63) is 29.8 Å². The molecule has 1 fully saturated rings.